The van der Waals surface area contributed by atoms with Gasteiger partial charge in [0, 0.05) is 6.42 Å². The molecule has 0 aliphatic carbocycles. The first-order valence-corrected chi connectivity index (χ1v) is 9.97. The standard InChI is InChI=1S/C24H24O6/c1-23(2,3)30-22(27)24(14-15-10-6-4-7-11-15)18-17(20(25)28-21(18)26)19(29-24)16-12-8-5-9-13-16/h4-13,17-19H,14H2,1-3H3/t17-,18-,19-,24-/m1/s1. The molecule has 2 saturated heterocycles. The van der Waals surface area contributed by atoms with Crippen molar-refractivity contribution in [2.24, 2.45) is 11.8 Å². The zero-order chi connectivity index (χ0) is 21.5. The van der Waals surface area contributed by atoms with Gasteiger partial charge in [-0.15, -0.1) is 0 Å². The van der Waals surface area contributed by atoms with Gasteiger partial charge in [-0.2, -0.15) is 0 Å². The van der Waals surface area contributed by atoms with Crippen LogP contribution in [0.2, 0.25) is 0 Å². The Morgan fingerprint density at radius 2 is 1.57 bits per heavy atom. The van der Waals surface area contributed by atoms with Gasteiger partial charge in [0.25, 0.3) is 0 Å². The molecule has 6 nitrogen and oxygen atoms in total. The summed E-state index contributed by atoms with van der Waals surface area (Å²) in [6.45, 7) is 5.25. The zero-order valence-electron chi connectivity index (χ0n) is 17.2. The third-order valence-electron chi connectivity index (χ3n) is 5.43. The molecule has 2 heterocycles. The highest BCUT2D eigenvalue weighted by atomic mass is 16.6. The quantitative estimate of drug-likeness (QED) is 0.570. The van der Waals surface area contributed by atoms with E-state index in [-0.39, 0.29) is 6.42 Å². The molecule has 2 aromatic rings. The topological polar surface area (TPSA) is 78.9 Å². The Labute approximate surface area is 175 Å². The molecular weight excluding hydrogens is 384 g/mol. The van der Waals surface area contributed by atoms with E-state index in [1.807, 2.05) is 60.7 Å². The van der Waals surface area contributed by atoms with Gasteiger partial charge in [-0.3, -0.25) is 9.59 Å². The summed E-state index contributed by atoms with van der Waals surface area (Å²) >= 11 is 0. The van der Waals surface area contributed by atoms with Gasteiger partial charge in [0.15, 0.2) is 5.60 Å². The zero-order valence-corrected chi connectivity index (χ0v) is 17.2. The van der Waals surface area contributed by atoms with Crippen molar-refractivity contribution in [2.45, 2.75) is 44.5 Å². The molecule has 2 fully saturated rings. The molecule has 0 amide bonds. The summed E-state index contributed by atoms with van der Waals surface area (Å²) in [6, 6.07) is 18.4. The van der Waals surface area contributed by atoms with E-state index in [2.05, 4.69) is 0 Å². The predicted octanol–water partition coefficient (Wildman–Crippen LogP) is 3.40. The first-order chi connectivity index (χ1) is 14.2. The second-order valence-electron chi connectivity index (χ2n) is 8.75. The van der Waals surface area contributed by atoms with E-state index in [1.54, 1.807) is 20.8 Å². The highest BCUT2D eigenvalue weighted by Crippen LogP contribution is 2.54. The Morgan fingerprint density at radius 3 is 2.17 bits per heavy atom. The van der Waals surface area contributed by atoms with E-state index >= 15 is 0 Å². The Morgan fingerprint density at radius 1 is 0.967 bits per heavy atom. The van der Waals surface area contributed by atoms with Crippen molar-refractivity contribution >= 4 is 17.9 Å². The Balaban J connectivity index is 1.84. The van der Waals surface area contributed by atoms with Crippen LogP contribution in [0, 0.1) is 11.8 Å². The summed E-state index contributed by atoms with van der Waals surface area (Å²) in [5, 5.41) is 0. The van der Waals surface area contributed by atoms with Crippen LogP contribution in [0.4, 0.5) is 0 Å². The molecule has 0 bridgehead atoms. The van der Waals surface area contributed by atoms with Gasteiger partial charge in [0.05, 0.1) is 6.10 Å². The van der Waals surface area contributed by atoms with Crippen molar-refractivity contribution in [3.63, 3.8) is 0 Å². The van der Waals surface area contributed by atoms with Crippen LogP contribution >= 0.6 is 0 Å². The molecule has 2 aliphatic rings. The minimum absolute atomic E-state index is 0.0929. The molecule has 0 unspecified atom stereocenters. The fourth-order valence-electron chi connectivity index (χ4n) is 4.25. The van der Waals surface area contributed by atoms with Crippen LogP contribution in [0.5, 0.6) is 0 Å². The first kappa shape index (κ1) is 20.3. The summed E-state index contributed by atoms with van der Waals surface area (Å²) < 4.78 is 17.0. The monoisotopic (exact) mass is 408 g/mol. The summed E-state index contributed by atoms with van der Waals surface area (Å²) in [5.41, 5.74) is -0.958. The highest BCUT2D eigenvalue weighted by Gasteiger charge is 2.70. The number of rotatable bonds is 4. The molecule has 2 aliphatic heterocycles. The molecule has 4 atom stereocenters. The molecule has 2 aromatic carbocycles. The van der Waals surface area contributed by atoms with E-state index in [4.69, 9.17) is 14.2 Å². The van der Waals surface area contributed by atoms with Crippen molar-refractivity contribution in [2.75, 3.05) is 0 Å². The van der Waals surface area contributed by atoms with Crippen molar-refractivity contribution in [3.8, 4) is 0 Å². The minimum Gasteiger partial charge on any atom is -0.458 e. The summed E-state index contributed by atoms with van der Waals surface area (Å²) in [5.74, 6) is -4.07. The van der Waals surface area contributed by atoms with Gasteiger partial charge >= 0.3 is 17.9 Å². The smallest absolute Gasteiger partial charge is 0.340 e. The van der Waals surface area contributed by atoms with Gasteiger partial charge in [-0.1, -0.05) is 60.7 Å². The fourth-order valence-corrected chi connectivity index (χ4v) is 4.25. The van der Waals surface area contributed by atoms with Crippen LogP contribution in [0.15, 0.2) is 60.7 Å². The number of hydrogen-bond acceptors (Lipinski definition) is 6. The number of carbonyl (C=O) groups is 3. The minimum atomic E-state index is -1.66. The number of esters is 3. The van der Waals surface area contributed by atoms with Gasteiger partial charge in [-0.05, 0) is 31.9 Å². The maximum absolute atomic E-state index is 13.5. The second-order valence-corrected chi connectivity index (χ2v) is 8.75. The number of carbonyl (C=O) groups excluding carboxylic acids is 3. The molecule has 4 rings (SSSR count). The van der Waals surface area contributed by atoms with E-state index in [0.29, 0.717) is 5.56 Å². The number of cyclic esters (lactones) is 2. The van der Waals surface area contributed by atoms with Crippen molar-refractivity contribution in [1.82, 2.24) is 0 Å². The first-order valence-electron chi connectivity index (χ1n) is 9.97. The summed E-state index contributed by atoms with van der Waals surface area (Å²) in [6.07, 6.45) is -0.693. The van der Waals surface area contributed by atoms with Crippen LogP contribution in [-0.4, -0.2) is 29.1 Å². The van der Waals surface area contributed by atoms with E-state index < -0.39 is 47.0 Å². The molecule has 0 saturated carbocycles. The Bertz CT molecular complexity index is 962. The number of hydrogen-bond donors (Lipinski definition) is 0. The van der Waals surface area contributed by atoms with Crippen molar-refractivity contribution in [3.05, 3.63) is 71.8 Å². The average Bonchev–Trinajstić information content (AvgIpc) is 3.19. The SMILES string of the molecule is CC(C)(C)OC(=O)[C@]1(Cc2ccccc2)O[C@H](c2ccccc2)[C@@H]2C(=O)OC(=O)[C@@H]21. The average molecular weight is 408 g/mol. The van der Waals surface area contributed by atoms with Gasteiger partial charge < -0.3 is 14.2 Å². The summed E-state index contributed by atoms with van der Waals surface area (Å²) in [7, 11) is 0. The lowest BCUT2D eigenvalue weighted by Crippen LogP contribution is -2.51. The lowest BCUT2D eigenvalue weighted by atomic mass is 9.76. The number of benzene rings is 2. The fraction of sp³-hybridized carbons (Fsp3) is 0.375. The molecule has 0 aromatic heterocycles. The maximum Gasteiger partial charge on any atom is 0.340 e. The number of fused-ring (bicyclic) bond motifs is 1. The lowest BCUT2D eigenvalue weighted by Gasteiger charge is -2.33. The third-order valence-corrected chi connectivity index (χ3v) is 5.43. The maximum atomic E-state index is 13.5. The molecule has 156 valence electrons. The van der Waals surface area contributed by atoms with Crippen molar-refractivity contribution < 1.29 is 28.6 Å². The van der Waals surface area contributed by atoms with Crippen molar-refractivity contribution in [1.29, 1.82) is 0 Å². The Hall–Kier alpha value is -2.99. The van der Waals surface area contributed by atoms with E-state index in [1.165, 1.54) is 0 Å². The predicted molar refractivity (Wildman–Crippen MR) is 107 cm³/mol. The Kier molecular flexibility index (Phi) is 4.98. The lowest BCUT2D eigenvalue weighted by molar-refractivity contribution is -0.191. The van der Waals surface area contributed by atoms with Crippen LogP contribution in [-0.2, 0) is 35.0 Å². The van der Waals surface area contributed by atoms with Gasteiger partial charge in [0.1, 0.15) is 17.4 Å². The van der Waals surface area contributed by atoms with Crippen LogP contribution in [0.25, 0.3) is 0 Å². The molecule has 0 N–H and O–H groups in total. The largest absolute Gasteiger partial charge is 0.458 e. The normalized spacial score (nSPS) is 28.2. The van der Waals surface area contributed by atoms with Gasteiger partial charge in [0.2, 0.25) is 0 Å². The molecule has 30 heavy (non-hydrogen) atoms. The molecule has 6 heteroatoms. The van der Waals surface area contributed by atoms with Crippen LogP contribution in [0.1, 0.15) is 38.0 Å². The molecule has 0 spiro atoms. The highest BCUT2D eigenvalue weighted by molar-refractivity contribution is 6.02. The second kappa shape index (κ2) is 7.36. The van der Waals surface area contributed by atoms with Crippen LogP contribution < -0.4 is 0 Å². The number of ether oxygens (including phenoxy) is 3. The van der Waals surface area contributed by atoms with Gasteiger partial charge in [-0.25, -0.2) is 4.79 Å². The molecular formula is C24H24O6. The summed E-state index contributed by atoms with van der Waals surface area (Å²) in [4.78, 5) is 38.9. The van der Waals surface area contributed by atoms with E-state index in [0.717, 1.165) is 5.56 Å². The molecule has 0 radical (unpaired) electrons. The third kappa shape index (κ3) is 3.52. The van der Waals surface area contributed by atoms with E-state index in [9.17, 15) is 14.4 Å². The van der Waals surface area contributed by atoms with Crippen LogP contribution in [0.3, 0.4) is 0 Å².